The van der Waals surface area contributed by atoms with E-state index in [0.29, 0.717) is 0 Å². The Morgan fingerprint density at radius 2 is 2.09 bits per heavy atom. The molecule has 1 heterocycles. The summed E-state index contributed by atoms with van der Waals surface area (Å²) in [7, 11) is 3.87. The van der Waals surface area contributed by atoms with E-state index >= 15 is 0 Å². The smallest absolute Gasteiger partial charge is 0.193 e. The minimum atomic E-state index is 0.824. The SMILES string of the molecule is CCc1cnc(CCNC(=NC)N(C)Cc2ccc(Br)cc2)s1. The highest BCUT2D eigenvalue weighted by Crippen LogP contribution is 2.14. The maximum absolute atomic E-state index is 4.45. The van der Waals surface area contributed by atoms with Gasteiger partial charge in [-0.05, 0) is 24.1 Å². The van der Waals surface area contributed by atoms with E-state index in [1.165, 1.54) is 15.4 Å². The highest BCUT2D eigenvalue weighted by molar-refractivity contribution is 9.10. The van der Waals surface area contributed by atoms with Gasteiger partial charge in [-0.3, -0.25) is 4.99 Å². The molecule has 0 aliphatic heterocycles. The van der Waals surface area contributed by atoms with Crippen LogP contribution in [-0.4, -0.2) is 36.5 Å². The maximum Gasteiger partial charge on any atom is 0.193 e. The molecule has 0 spiro atoms. The molecule has 0 unspecified atom stereocenters. The van der Waals surface area contributed by atoms with Gasteiger partial charge in [-0.2, -0.15) is 0 Å². The van der Waals surface area contributed by atoms with E-state index in [-0.39, 0.29) is 0 Å². The average molecular weight is 395 g/mol. The Morgan fingerprint density at radius 3 is 2.70 bits per heavy atom. The Bertz CT molecular complexity index is 636. The molecule has 2 aromatic rings. The maximum atomic E-state index is 4.45. The zero-order chi connectivity index (χ0) is 16.7. The summed E-state index contributed by atoms with van der Waals surface area (Å²) < 4.78 is 1.10. The van der Waals surface area contributed by atoms with Gasteiger partial charge in [0, 0.05) is 49.2 Å². The largest absolute Gasteiger partial charge is 0.356 e. The normalized spacial score (nSPS) is 11.6. The van der Waals surface area contributed by atoms with Crippen molar-refractivity contribution in [2.45, 2.75) is 26.3 Å². The van der Waals surface area contributed by atoms with Crippen LogP contribution in [0.25, 0.3) is 0 Å². The Morgan fingerprint density at radius 1 is 1.35 bits per heavy atom. The Balaban J connectivity index is 1.83. The molecule has 1 aromatic carbocycles. The first-order valence-electron chi connectivity index (χ1n) is 7.72. The second kappa shape index (κ2) is 9.03. The van der Waals surface area contributed by atoms with Crippen molar-refractivity contribution in [2.75, 3.05) is 20.6 Å². The first-order valence-corrected chi connectivity index (χ1v) is 9.33. The van der Waals surface area contributed by atoms with Crippen molar-refractivity contribution in [3.63, 3.8) is 0 Å². The Kier molecular flexibility index (Phi) is 7.05. The summed E-state index contributed by atoms with van der Waals surface area (Å²) in [5.41, 5.74) is 1.26. The molecule has 0 fully saturated rings. The van der Waals surface area contributed by atoms with Gasteiger partial charge in [0.1, 0.15) is 0 Å². The lowest BCUT2D eigenvalue weighted by atomic mass is 10.2. The predicted molar refractivity (Wildman–Crippen MR) is 102 cm³/mol. The third-order valence-corrected chi connectivity index (χ3v) is 5.21. The van der Waals surface area contributed by atoms with Gasteiger partial charge in [-0.25, -0.2) is 4.98 Å². The molecular formula is C17H23BrN4S. The number of hydrogen-bond acceptors (Lipinski definition) is 3. The van der Waals surface area contributed by atoms with Crippen molar-refractivity contribution < 1.29 is 0 Å². The summed E-state index contributed by atoms with van der Waals surface area (Å²) in [5, 5.41) is 4.59. The number of guanidine groups is 1. The number of nitrogens with one attached hydrogen (secondary N) is 1. The number of nitrogens with zero attached hydrogens (tertiary/aromatic N) is 3. The van der Waals surface area contributed by atoms with Gasteiger partial charge < -0.3 is 10.2 Å². The molecule has 2 rings (SSSR count). The average Bonchev–Trinajstić information content (AvgIpc) is 3.01. The zero-order valence-electron chi connectivity index (χ0n) is 13.8. The van der Waals surface area contributed by atoms with E-state index in [1.807, 2.05) is 13.2 Å². The molecule has 0 saturated carbocycles. The molecule has 0 aliphatic carbocycles. The molecule has 6 heteroatoms. The fourth-order valence-corrected chi connectivity index (χ4v) is 3.36. The lowest BCUT2D eigenvalue weighted by Gasteiger charge is -2.22. The van der Waals surface area contributed by atoms with Gasteiger partial charge >= 0.3 is 0 Å². The van der Waals surface area contributed by atoms with Gasteiger partial charge in [0.25, 0.3) is 0 Å². The third kappa shape index (κ3) is 5.62. The van der Waals surface area contributed by atoms with Crippen LogP contribution in [0, 0.1) is 0 Å². The molecule has 124 valence electrons. The van der Waals surface area contributed by atoms with Gasteiger partial charge in [0.2, 0.25) is 0 Å². The minimum absolute atomic E-state index is 0.824. The van der Waals surface area contributed by atoms with Crippen molar-refractivity contribution in [1.29, 1.82) is 0 Å². The number of hydrogen-bond donors (Lipinski definition) is 1. The minimum Gasteiger partial charge on any atom is -0.356 e. The Hall–Kier alpha value is -1.40. The van der Waals surface area contributed by atoms with E-state index in [9.17, 15) is 0 Å². The van der Waals surface area contributed by atoms with E-state index in [4.69, 9.17) is 0 Å². The van der Waals surface area contributed by atoms with Crippen LogP contribution in [0.3, 0.4) is 0 Å². The second-order valence-corrected chi connectivity index (χ2v) is 7.40. The van der Waals surface area contributed by atoms with Gasteiger partial charge in [0.15, 0.2) is 5.96 Å². The number of rotatable bonds is 6. The first-order chi connectivity index (χ1) is 11.1. The van der Waals surface area contributed by atoms with Gasteiger partial charge in [0.05, 0.1) is 5.01 Å². The van der Waals surface area contributed by atoms with Gasteiger partial charge in [-0.15, -0.1) is 11.3 Å². The summed E-state index contributed by atoms with van der Waals surface area (Å²) in [5.74, 6) is 0.903. The topological polar surface area (TPSA) is 40.5 Å². The van der Waals surface area contributed by atoms with Crippen molar-refractivity contribution in [3.8, 4) is 0 Å². The number of aryl methyl sites for hydroxylation is 1. The van der Waals surface area contributed by atoms with Crippen LogP contribution in [-0.2, 0) is 19.4 Å². The fraction of sp³-hybridized carbons (Fsp3) is 0.412. The number of benzene rings is 1. The summed E-state index contributed by atoms with van der Waals surface area (Å²) in [6, 6.07) is 8.37. The van der Waals surface area contributed by atoms with Crippen LogP contribution < -0.4 is 5.32 Å². The summed E-state index contributed by atoms with van der Waals surface area (Å²) in [6.07, 6.45) is 3.97. The molecule has 0 bridgehead atoms. The number of thiazole rings is 1. The van der Waals surface area contributed by atoms with Crippen LogP contribution in [0.4, 0.5) is 0 Å². The van der Waals surface area contributed by atoms with E-state index < -0.39 is 0 Å². The molecule has 0 saturated heterocycles. The summed E-state index contributed by atoms with van der Waals surface area (Å²) >= 11 is 5.26. The molecule has 1 aromatic heterocycles. The quantitative estimate of drug-likeness (QED) is 0.599. The van der Waals surface area contributed by atoms with E-state index in [0.717, 1.165) is 36.4 Å². The van der Waals surface area contributed by atoms with Crippen molar-refractivity contribution in [3.05, 3.63) is 50.4 Å². The molecule has 0 aliphatic rings. The highest BCUT2D eigenvalue weighted by Gasteiger charge is 2.07. The molecule has 4 nitrogen and oxygen atoms in total. The summed E-state index contributed by atoms with van der Waals surface area (Å²) in [6.45, 7) is 3.83. The second-order valence-electron chi connectivity index (χ2n) is 5.28. The van der Waals surface area contributed by atoms with Gasteiger partial charge in [-0.1, -0.05) is 35.0 Å². The van der Waals surface area contributed by atoms with Crippen molar-refractivity contribution in [2.24, 2.45) is 4.99 Å². The highest BCUT2D eigenvalue weighted by atomic mass is 79.9. The third-order valence-electron chi connectivity index (χ3n) is 3.48. The molecule has 0 radical (unpaired) electrons. The molecule has 1 N–H and O–H groups in total. The molecule has 23 heavy (non-hydrogen) atoms. The van der Waals surface area contributed by atoms with Crippen LogP contribution >= 0.6 is 27.3 Å². The van der Waals surface area contributed by atoms with Crippen LogP contribution in [0.1, 0.15) is 22.4 Å². The predicted octanol–water partition coefficient (Wildman–Crippen LogP) is 3.72. The number of aliphatic imine (C=N–C) groups is 1. The zero-order valence-corrected chi connectivity index (χ0v) is 16.2. The lowest BCUT2D eigenvalue weighted by molar-refractivity contribution is 0.477. The number of halogens is 1. The van der Waals surface area contributed by atoms with Crippen LogP contribution in [0.5, 0.6) is 0 Å². The van der Waals surface area contributed by atoms with Crippen LogP contribution in [0.15, 0.2) is 39.9 Å². The Labute approximate surface area is 150 Å². The monoisotopic (exact) mass is 394 g/mol. The molecule has 0 amide bonds. The standard InChI is InChI=1S/C17H23BrN4S/c1-4-15-11-21-16(23-15)9-10-20-17(19-2)22(3)12-13-5-7-14(18)8-6-13/h5-8,11H,4,9-10,12H2,1-3H3,(H,19,20). The molecular weight excluding hydrogens is 372 g/mol. The van der Waals surface area contributed by atoms with Crippen molar-refractivity contribution in [1.82, 2.24) is 15.2 Å². The van der Waals surface area contributed by atoms with E-state index in [1.54, 1.807) is 11.3 Å². The number of aromatic nitrogens is 1. The van der Waals surface area contributed by atoms with E-state index in [2.05, 4.69) is 74.4 Å². The van der Waals surface area contributed by atoms with Crippen LogP contribution in [0.2, 0.25) is 0 Å². The fourth-order valence-electron chi connectivity index (χ4n) is 2.23. The lowest BCUT2D eigenvalue weighted by Crippen LogP contribution is -2.39. The summed E-state index contributed by atoms with van der Waals surface area (Å²) in [4.78, 5) is 12.3. The van der Waals surface area contributed by atoms with Crippen molar-refractivity contribution >= 4 is 33.2 Å². The first kappa shape index (κ1) is 17.9. The molecule has 0 atom stereocenters.